The largest absolute Gasteiger partial charge is 0.496 e. The van der Waals surface area contributed by atoms with Gasteiger partial charge in [0.05, 0.1) is 19.8 Å². The highest BCUT2D eigenvalue weighted by atomic mass is 16.5. The average Bonchev–Trinajstić information content (AvgIpc) is 2.75. The molecule has 0 unspecified atom stereocenters. The van der Waals surface area contributed by atoms with Gasteiger partial charge in [0.25, 0.3) is 5.91 Å². The number of para-hydroxylation sites is 1. The van der Waals surface area contributed by atoms with Crippen molar-refractivity contribution in [3.63, 3.8) is 0 Å². The molecule has 1 aromatic carbocycles. The quantitative estimate of drug-likeness (QED) is 0.785. The molecule has 3 rings (SSSR count). The van der Waals surface area contributed by atoms with E-state index in [0.29, 0.717) is 30.3 Å². The lowest BCUT2D eigenvalue weighted by atomic mass is 9.99. The molecule has 2 aromatic rings. The van der Waals surface area contributed by atoms with Crippen LogP contribution in [0.15, 0.2) is 36.5 Å². The first-order valence-corrected chi connectivity index (χ1v) is 10.2. The van der Waals surface area contributed by atoms with Gasteiger partial charge in [-0.1, -0.05) is 25.1 Å². The van der Waals surface area contributed by atoms with Gasteiger partial charge in [-0.3, -0.25) is 4.79 Å². The Balaban J connectivity index is 2.10. The molecule has 0 radical (unpaired) electrons. The molecular weight excluding hydrogens is 382 g/mol. The number of aliphatic hydroxyl groups excluding tert-OH is 1. The van der Waals surface area contributed by atoms with Crippen LogP contribution in [-0.4, -0.2) is 78.8 Å². The molecule has 7 nitrogen and oxygen atoms in total. The van der Waals surface area contributed by atoms with Crippen molar-refractivity contribution in [3.8, 4) is 22.8 Å². The Morgan fingerprint density at radius 2 is 2.07 bits per heavy atom. The molecule has 0 aliphatic carbocycles. The summed E-state index contributed by atoms with van der Waals surface area (Å²) in [6, 6.07) is 9.13. The number of aromatic nitrogens is 1. The lowest BCUT2D eigenvalue weighted by Crippen LogP contribution is -2.49. The Morgan fingerprint density at radius 3 is 2.73 bits per heavy atom. The summed E-state index contributed by atoms with van der Waals surface area (Å²) in [4.78, 5) is 21.8. The predicted molar refractivity (Wildman–Crippen MR) is 116 cm³/mol. The van der Waals surface area contributed by atoms with Gasteiger partial charge in [0, 0.05) is 36.3 Å². The summed E-state index contributed by atoms with van der Waals surface area (Å²) in [5.41, 5.74) is 2.03. The van der Waals surface area contributed by atoms with Crippen molar-refractivity contribution in [2.45, 2.75) is 26.0 Å². The van der Waals surface area contributed by atoms with E-state index in [9.17, 15) is 9.90 Å². The van der Waals surface area contributed by atoms with Gasteiger partial charge in [0.15, 0.2) is 0 Å². The number of hydrogen-bond donors (Lipinski definition) is 1. The number of pyridine rings is 1. The molecule has 3 atom stereocenters. The van der Waals surface area contributed by atoms with E-state index in [1.54, 1.807) is 18.2 Å². The Hall–Kier alpha value is -2.64. The zero-order valence-electron chi connectivity index (χ0n) is 18.3. The summed E-state index contributed by atoms with van der Waals surface area (Å²) in [7, 11) is 5.60. The van der Waals surface area contributed by atoms with Crippen LogP contribution in [0.2, 0.25) is 0 Å². The van der Waals surface area contributed by atoms with Gasteiger partial charge in [0.2, 0.25) is 5.88 Å². The van der Waals surface area contributed by atoms with Crippen molar-refractivity contribution >= 4 is 5.91 Å². The Labute approximate surface area is 178 Å². The van der Waals surface area contributed by atoms with Crippen LogP contribution in [0.3, 0.4) is 0 Å². The molecule has 1 N–H and O–H groups in total. The zero-order chi connectivity index (χ0) is 21.8. The van der Waals surface area contributed by atoms with Crippen LogP contribution in [0.25, 0.3) is 11.1 Å². The van der Waals surface area contributed by atoms with Crippen LogP contribution in [0.1, 0.15) is 24.2 Å². The molecule has 1 aliphatic rings. The molecule has 1 aliphatic heterocycles. The van der Waals surface area contributed by atoms with Gasteiger partial charge in [-0.25, -0.2) is 4.98 Å². The predicted octanol–water partition coefficient (Wildman–Crippen LogP) is 2.54. The van der Waals surface area contributed by atoms with Crippen molar-refractivity contribution < 1.29 is 19.4 Å². The molecule has 1 aromatic heterocycles. The lowest BCUT2D eigenvalue weighted by molar-refractivity contribution is 0.0348. The van der Waals surface area contributed by atoms with E-state index in [0.717, 1.165) is 11.1 Å². The third kappa shape index (κ3) is 4.57. The molecule has 0 fully saturated rings. The van der Waals surface area contributed by atoms with E-state index in [1.807, 2.05) is 51.4 Å². The first-order chi connectivity index (χ1) is 14.3. The highest BCUT2D eigenvalue weighted by Gasteiger charge is 2.34. The molecule has 30 heavy (non-hydrogen) atoms. The van der Waals surface area contributed by atoms with E-state index in [-0.39, 0.29) is 30.6 Å². The van der Waals surface area contributed by atoms with Gasteiger partial charge in [-0.2, -0.15) is 0 Å². The molecule has 7 heteroatoms. The number of ether oxygens (including phenoxy) is 2. The second-order valence-corrected chi connectivity index (χ2v) is 8.16. The summed E-state index contributed by atoms with van der Waals surface area (Å²) in [5.74, 6) is 0.922. The number of hydrogen-bond acceptors (Lipinski definition) is 6. The second-order valence-electron chi connectivity index (χ2n) is 8.16. The number of rotatable bonds is 6. The number of amides is 1. The maximum absolute atomic E-state index is 13.5. The van der Waals surface area contributed by atoms with Crippen molar-refractivity contribution in [1.29, 1.82) is 0 Å². The summed E-state index contributed by atoms with van der Waals surface area (Å²) < 4.78 is 11.7. The first kappa shape index (κ1) is 22.1. The minimum absolute atomic E-state index is 0.0780. The number of carbonyl (C=O) groups excluding carboxylic acids is 1. The highest BCUT2D eigenvalue weighted by molar-refractivity contribution is 5.98. The van der Waals surface area contributed by atoms with Crippen LogP contribution < -0.4 is 9.47 Å². The van der Waals surface area contributed by atoms with E-state index >= 15 is 0 Å². The molecule has 0 spiro atoms. The second kappa shape index (κ2) is 9.45. The van der Waals surface area contributed by atoms with Gasteiger partial charge in [0.1, 0.15) is 17.4 Å². The number of fused-ring (bicyclic) bond motifs is 1. The van der Waals surface area contributed by atoms with E-state index < -0.39 is 0 Å². The average molecular weight is 414 g/mol. The summed E-state index contributed by atoms with van der Waals surface area (Å²) in [6.07, 6.45) is 1.58. The lowest BCUT2D eigenvalue weighted by Gasteiger charge is -2.37. The van der Waals surface area contributed by atoms with Crippen LogP contribution in [-0.2, 0) is 0 Å². The van der Waals surface area contributed by atoms with Crippen LogP contribution >= 0.6 is 0 Å². The molecule has 0 bridgehead atoms. The molecule has 2 heterocycles. The fraction of sp³-hybridized carbons (Fsp3) is 0.478. The van der Waals surface area contributed by atoms with Gasteiger partial charge in [-0.05, 0) is 33.2 Å². The third-order valence-corrected chi connectivity index (χ3v) is 5.48. The van der Waals surface area contributed by atoms with Crippen molar-refractivity contribution in [1.82, 2.24) is 14.8 Å². The van der Waals surface area contributed by atoms with Crippen LogP contribution in [0, 0.1) is 5.92 Å². The van der Waals surface area contributed by atoms with Gasteiger partial charge < -0.3 is 24.4 Å². The van der Waals surface area contributed by atoms with Crippen LogP contribution in [0.5, 0.6) is 11.6 Å². The minimum Gasteiger partial charge on any atom is -0.496 e. The number of methoxy groups -OCH3 is 1. The fourth-order valence-corrected chi connectivity index (χ4v) is 3.71. The Bertz CT molecular complexity index is 887. The normalized spacial score (nSPS) is 20.2. The van der Waals surface area contributed by atoms with Crippen LogP contribution in [0.4, 0.5) is 0 Å². The maximum atomic E-state index is 13.5. The molecule has 0 saturated carbocycles. The monoisotopic (exact) mass is 413 g/mol. The zero-order valence-corrected chi connectivity index (χ0v) is 18.3. The van der Waals surface area contributed by atoms with Crippen molar-refractivity contribution in [2.75, 3.05) is 40.9 Å². The summed E-state index contributed by atoms with van der Waals surface area (Å²) >= 11 is 0. The van der Waals surface area contributed by atoms with E-state index in [1.165, 1.54) is 0 Å². The number of benzene rings is 1. The number of carbonyl (C=O) groups is 1. The standard InChI is InChI=1S/C23H31N3O4/c1-15-12-26(16(2)14-27)23(28)19-10-17(18-8-6-7-9-20(18)29-5)11-24-22(19)30-21(15)13-25(3)4/h6-11,15-16,21,27H,12-14H2,1-5H3/t15-,16+,21+/m1/s1. The van der Waals surface area contributed by atoms with Crippen molar-refractivity contribution in [3.05, 3.63) is 42.1 Å². The minimum atomic E-state index is -0.305. The van der Waals surface area contributed by atoms with Gasteiger partial charge in [-0.15, -0.1) is 0 Å². The number of aliphatic hydroxyl groups is 1. The molecular formula is C23H31N3O4. The fourth-order valence-electron chi connectivity index (χ4n) is 3.71. The highest BCUT2D eigenvalue weighted by Crippen LogP contribution is 2.34. The maximum Gasteiger partial charge on any atom is 0.259 e. The third-order valence-electron chi connectivity index (χ3n) is 5.48. The molecule has 162 valence electrons. The first-order valence-electron chi connectivity index (χ1n) is 10.2. The Morgan fingerprint density at radius 1 is 1.33 bits per heavy atom. The van der Waals surface area contributed by atoms with E-state index in [2.05, 4.69) is 16.8 Å². The topological polar surface area (TPSA) is 75.1 Å². The SMILES string of the molecule is COc1ccccc1-c1cnc2c(c1)C(=O)N([C@@H](C)CO)C[C@@H](C)[C@H](CN(C)C)O2. The summed E-state index contributed by atoms with van der Waals surface area (Å²) in [6.45, 7) is 5.01. The Kier molecular flexibility index (Phi) is 6.95. The van der Waals surface area contributed by atoms with E-state index in [4.69, 9.17) is 9.47 Å². The smallest absolute Gasteiger partial charge is 0.259 e. The number of nitrogens with zero attached hydrogens (tertiary/aromatic N) is 3. The summed E-state index contributed by atoms with van der Waals surface area (Å²) in [5, 5.41) is 9.75. The molecule has 1 amide bonds. The van der Waals surface area contributed by atoms with Gasteiger partial charge >= 0.3 is 0 Å². The molecule has 0 saturated heterocycles. The number of likely N-dealkylation sites (N-methyl/N-ethyl adjacent to an activating group) is 1. The van der Waals surface area contributed by atoms with Crippen molar-refractivity contribution in [2.24, 2.45) is 5.92 Å².